The van der Waals surface area contributed by atoms with Crippen LogP contribution in [0.4, 0.5) is 5.69 Å². The lowest BCUT2D eigenvalue weighted by atomic mass is 10.2. The van der Waals surface area contributed by atoms with Crippen molar-refractivity contribution in [3.05, 3.63) is 71.4 Å². The molecule has 0 heterocycles. The number of nitrogens with zero attached hydrogens (tertiary/aromatic N) is 1. The van der Waals surface area contributed by atoms with E-state index in [0.29, 0.717) is 11.3 Å². The molecule has 2 amide bonds. The summed E-state index contributed by atoms with van der Waals surface area (Å²) in [5.74, 6) is -1.90. The van der Waals surface area contributed by atoms with Gasteiger partial charge in [-0.15, -0.1) is 0 Å². The molecule has 0 spiro atoms. The molecule has 2 aromatic rings. The fraction of sp³-hybridized carbons (Fsp3) is 0.143. The number of esters is 1. The van der Waals surface area contributed by atoms with Gasteiger partial charge in [0.15, 0.2) is 6.10 Å². The zero-order valence-corrected chi connectivity index (χ0v) is 15.4. The maximum absolute atomic E-state index is 12.4. The summed E-state index contributed by atoms with van der Waals surface area (Å²) in [5.41, 5.74) is 1.20. The predicted molar refractivity (Wildman–Crippen MR) is 104 cm³/mol. The second kappa shape index (κ2) is 9.69. The molecule has 0 saturated heterocycles. The fourth-order valence-electron chi connectivity index (χ4n) is 2.25. The Morgan fingerprint density at radius 2 is 1.71 bits per heavy atom. The number of rotatable bonds is 6. The monoisotopic (exact) mass is 377 g/mol. The summed E-state index contributed by atoms with van der Waals surface area (Å²) in [6, 6.07) is 17.3. The summed E-state index contributed by atoms with van der Waals surface area (Å²) < 4.78 is 5.18. The quantitative estimate of drug-likeness (QED) is 0.594. The standard InChI is InChI=1S/C21H19N3O4/c1-14(20(26)24-18-11-7-6-10-17(18)13-22)28-21(27)19(23-15(2)25)12-16-8-4-3-5-9-16/h3-12,14H,1-2H3,(H,23,25)(H,24,26)/b19-12-/t14-/m1/s1. The summed E-state index contributed by atoms with van der Waals surface area (Å²) in [4.78, 5) is 36.2. The third-order valence-electron chi connectivity index (χ3n) is 3.60. The Morgan fingerprint density at radius 3 is 2.36 bits per heavy atom. The van der Waals surface area contributed by atoms with Crippen molar-refractivity contribution in [2.75, 3.05) is 5.32 Å². The van der Waals surface area contributed by atoms with Crippen molar-refractivity contribution in [3.8, 4) is 6.07 Å². The number of benzene rings is 2. The largest absolute Gasteiger partial charge is 0.448 e. The number of amides is 2. The van der Waals surface area contributed by atoms with Gasteiger partial charge in [0.2, 0.25) is 5.91 Å². The molecule has 0 aliphatic heterocycles. The predicted octanol–water partition coefficient (Wildman–Crippen LogP) is 2.61. The Bertz CT molecular complexity index is 946. The van der Waals surface area contributed by atoms with Crippen LogP contribution in [0.3, 0.4) is 0 Å². The van der Waals surface area contributed by atoms with E-state index in [9.17, 15) is 14.4 Å². The van der Waals surface area contributed by atoms with E-state index in [4.69, 9.17) is 10.00 Å². The summed E-state index contributed by atoms with van der Waals surface area (Å²) in [7, 11) is 0. The fourth-order valence-corrected chi connectivity index (χ4v) is 2.25. The number of anilines is 1. The Balaban J connectivity index is 2.11. The minimum Gasteiger partial charge on any atom is -0.448 e. The van der Waals surface area contributed by atoms with Crippen LogP contribution >= 0.6 is 0 Å². The maximum atomic E-state index is 12.4. The Morgan fingerprint density at radius 1 is 1.07 bits per heavy atom. The minimum atomic E-state index is -1.15. The average molecular weight is 377 g/mol. The third-order valence-corrected chi connectivity index (χ3v) is 3.60. The highest BCUT2D eigenvalue weighted by molar-refractivity contribution is 6.01. The zero-order valence-electron chi connectivity index (χ0n) is 15.4. The molecule has 142 valence electrons. The molecule has 0 aromatic heterocycles. The first-order chi connectivity index (χ1) is 13.4. The lowest BCUT2D eigenvalue weighted by molar-refractivity contribution is -0.149. The van der Waals surface area contributed by atoms with Gasteiger partial charge in [-0.3, -0.25) is 9.59 Å². The van der Waals surface area contributed by atoms with Gasteiger partial charge < -0.3 is 15.4 Å². The highest BCUT2D eigenvalue weighted by Crippen LogP contribution is 2.14. The molecule has 0 saturated carbocycles. The van der Waals surface area contributed by atoms with Crippen LogP contribution in [0.5, 0.6) is 0 Å². The van der Waals surface area contributed by atoms with Crippen LogP contribution in [0, 0.1) is 11.3 Å². The second-order valence-corrected chi connectivity index (χ2v) is 5.84. The molecule has 28 heavy (non-hydrogen) atoms. The number of ether oxygens (including phenoxy) is 1. The number of para-hydroxylation sites is 1. The Labute approximate surface area is 162 Å². The number of carbonyl (C=O) groups excluding carboxylic acids is 3. The van der Waals surface area contributed by atoms with Crippen LogP contribution in [0.2, 0.25) is 0 Å². The molecule has 2 N–H and O–H groups in total. The van der Waals surface area contributed by atoms with Gasteiger partial charge in [0.05, 0.1) is 11.3 Å². The molecule has 0 aliphatic carbocycles. The maximum Gasteiger partial charge on any atom is 0.355 e. The smallest absolute Gasteiger partial charge is 0.355 e. The van der Waals surface area contributed by atoms with Crippen LogP contribution in [0.15, 0.2) is 60.3 Å². The van der Waals surface area contributed by atoms with Gasteiger partial charge in [0.1, 0.15) is 11.8 Å². The van der Waals surface area contributed by atoms with E-state index in [0.717, 1.165) is 0 Å². The van der Waals surface area contributed by atoms with Gasteiger partial charge in [0, 0.05) is 6.92 Å². The zero-order chi connectivity index (χ0) is 20.5. The Kier molecular flexibility index (Phi) is 7.06. The van der Waals surface area contributed by atoms with E-state index in [1.165, 1.54) is 19.9 Å². The first-order valence-electron chi connectivity index (χ1n) is 8.46. The van der Waals surface area contributed by atoms with Crippen molar-refractivity contribution in [2.24, 2.45) is 0 Å². The molecule has 2 aromatic carbocycles. The van der Waals surface area contributed by atoms with E-state index < -0.39 is 23.9 Å². The van der Waals surface area contributed by atoms with Gasteiger partial charge >= 0.3 is 5.97 Å². The van der Waals surface area contributed by atoms with E-state index in [2.05, 4.69) is 10.6 Å². The first kappa shape index (κ1) is 20.4. The summed E-state index contributed by atoms with van der Waals surface area (Å²) in [6.45, 7) is 2.66. The van der Waals surface area contributed by atoms with Crippen LogP contribution in [-0.4, -0.2) is 23.9 Å². The highest BCUT2D eigenvalue weighted by Gasteiger charge is 2.22. The van der Waals surface area contributed by atoms with Crippen molar-refractivity contribution in [1.29, 1.82) is 5.26 Å². The summed E-state index contributed by atoms with van der Waals surface area (Å²) >= 11 is 0. The molecule has 0 radical (unpaired) electrons. The van der Waals surface area contributed by atoms with Gasteiger partial charge in [-0.2, -0.15) is 5.26 Å². The van der Waals surface area contributed by atoms with Crippen LogP contribution in [0.25, 0.3) is 6.08 Å². The normalized spacial score (nSPS) is 11.7. The molecule has 0 fully saturated rings. The molecular weight excluding hydrogens is 358 g/mol. The SMILES string of the molecule is CC(=O)N/C(=C\c1ccccc1)C(=O)O[C@H](C)C(=O)Nc1ccccc1C#N. The van der Waals surface area contributed by atoms with Gasteiger partial charge in [-0.25, -0.2) is 4.79 Å². The number of hydrogen-bond acceptors (Lipinski definition) is 5. The summed E-state index contributed by atoms with van der Waals surface area (Å²) in [5, 5.41) is 14.0. The van der Waals surface area contributed by atoms with E-state index >= 15 is 0 Å². The number of nitriles is 1. The molecular formula is C21H19N3O4. The van der Waals surface area contributed by atoms with Crippen molar-refractivity contribution in [1.82, 2.24) is 5.32 Å². The first-order valence-corrected chi connectivity index (χ1v) is 8.46. The molecule has 7 nitrogen and oxygen atoms in total. The molecule has 0 unspecified atom stereocenters. The lowest BCUT2D eigenvalue weighted by Crippen LogP contribution is -2.34. The molecule has 2 rings (SSSR count). The third kappa shape index (κ3) is 5.81. The number of carbonyl (C=O) groups is 3. The van der Waals surface area contributed by atoms with Gasteiger partial charge in [0.25, 0.3) is 5.91 Å². The van der Waals surface area contributed by atoms with Crippen LogP contribution < -0.4 is 10.6 Å². The van der Waals surface area contributed by atoms with Crippen LogP contribution in [0.1, 0.15) is 25.0 Å². The minimum absolute atomic E-state index is 0.0872. The van der Waals surface area contributed by atoms with Gasteiger partial charge in [-0.1, -0.05) is 42.5 Å². The molecule has 0 bridgehead atoms. The highest BCUT2D eigenvalue weighted by atomic mass is 16.5. The lowest BCUT2D eigenvalue weighted by Gasteiger charge is -2.15. The van der Waals surface area contributed by atoms with E-state index in [1.54, 1.807) is 48.5 Å². The number of hydrogen-bond donors (Lipinski definition) is 2. The molecule has 0 aliphatic rings. The Hall–Kier alpha value is -3.92. The van der Waals surface area contributed by atoms with Crippen molar-refractivity contribution in [3.63, 3.8) is 0 Å². The van der Waals surface area contributed by atoms with Crippen molar-refractivity contribution >= 4 is 29.5 Å². The van der Waals surface area contributed by atoms with E-state index in [-0.39, 0.29) is 11.3 Å². The summed E-state index contributed by atoms with van der Waals surface area (Å²) in [6.07, 6.45) is 0.312. The number of nitrogens with one attached hydrogen (secondary N) is 2. The molecule has 1 atom stereocenters. The average Bonchev–Trinajstić information content (AvgIpc) is 2.68. The van der Waals surface area contributed by atoms with E-state index in [1.807, 2.05) is 12.1 Å². The second-order valence-electron chi connectivity index (χ2n) is 5.84. The van der Waals surface area contributed by atoms with Crippen molar-refractivity contribution in [2.45, 2.75) is 20.0 Å². The topological polar surface area (TPSA) is 108 Å². The van der Waals surface area contributed by atoms with Crippen molar-refractivity contribution < 1.29 is 19.1 Å². The molecule has 7 heteroatoms. The van der Waals surface area contributed by atoms with Gasteiger partial charge in [-0.05, 0) is 30.7 Å². The van der Waals surface area contributed by atoms with Crippen LogP contribution in [-0.2, 0) is 19.1 Å².